The number of ether oxygens (including phenoxy) is 3. The Kier molecular flexibility index (Phi) is 49.4. The van der Waals surface area contributed by atoms with Crippen molar-refractivity contribution in [3.05, 3.63) is 60.8 Å². The lowest BCUT2D eigenvalue weighted by Crippen LogP contribution is -2.30. The first-order chi connectivity index (χ1) is 31.0. The lowest BCUT2D eigenvalue weighted by atomic mass is 10.0. The molecule has 0 fully saturated rings. The van der Waals surface area contributed by atoms with Crippen LogP contribution in [0.3, 0.4) is 0 Å². The molecular weight excluding hydrogens is 781 g/mol. The van der Waals surface area contributed by atoms with Crippen molar-refractivity contribution in [1.82, 2.24) is 0 Å². The van der Waals surface area contributed by atoms with Crippen molar-refractivity contribution >= 4 is 17.9 Å². The molecule has 0 amide bonds. The quantitative estimate of drug-likeness (QED) is 0.0262. The van der Waals surface area contributed by atoms with Crippen LogP contribution in [0.5, 0.6) is 0 Å². The number of hydrogen-bond donors (Lipinski definition) is 0. The van der Waals surface area contributed by atoms with E-state index in [-0.39, 0.29) is 37.5 Å². The summed E-state index contributed by atoms with van der Waals surface area (Å²) in [6.07, 6.45) is 63.6. The van der Waals surface area contributed by atoms with Gasteiger partial charge in [0.15, 0.2) is 6.10 Å². The monoisotopic (exact) mass is 881 g/mol. The van der Waals surface area contributed by atoms with Crippen molar-refractivity contribution in [2.45, 2.75) is 271 Å². The normalized spacial score (nSPS) is 12.5. The van der Waals surface area contributed by atoms with Crippen LogP contribution in [0.4, 0.5) is 0 Å². The second kappa shape index (κ2) is 51.7. The fraction of sp³-hybridized carbons (Fsp3) is 0.772. The van der Waals surface area contributed by atoms with Crippen LogP contribution in [0.1, 0.15) is 265 Å². The van der Waals surface area contributed by atoms with E-state index in [9.17, 15) is 14.4 Å². The molecule has 63 heavy (non-hydrogen) atoms. The SMILES string of the molecule is CC/C=C\C/C=C\C/C=C\C/C=C\C/C=C\CCCC(=O)O[C@@H](COC(=O)CCCCCCCCCCCCC)COC(=O)CCCCCCCCCCCCCCCCCCC. The van der Waals surface area contributed by atoms with Gasteiger partial charge < -0.3 is 14.2 Å². The summed E-state index contributed by atoms with van der Waals surface area (Å²) < 4.78 is 16.8. The van der Waals surface area contributed by atoms with Gasteiger partial charge in [0.25, 0.3) is 0 Å². The highest BCUT2D eigenvalue weighted by molar-refractivity contribution is 5.71. The minimum Gasteiger partial charge on any atom is -0.462 e. The van der Waals surface area contributed by atoms with Crippen LogP contribution in [0, 0.1) is 0 Å². The van der Waals surface area contributed by atoms with Crippen LogP contribution >= 0.6 is 0 Å². The Bertz CT molecular complexity index is 1150. The molecule has 6 nitrogen and oxygen atoms in total. The van der Waals surface area contributed by atoms with Gasteiger partial charge in [-0.3, -0.25) is 14.4 Å². The lowest BCUT2D eigenvalue weighted by Gasteiger charge is -2.18. The molecule has 0 bridgehead atoms. The standard InChI is InChI=1S/C57H100O6/c1-4-7-10-13-16-19-22-24-26-28-30-32-35-38-41-44-47-50-56(59)62-53-54(52-61-55(58)49-46-43-40-37-34-21-18-15-12-9-6-3)63-57(60)51-48-45-42-39-36-33-31-29-27-25-23-20-17-14-11-8-5-2/h8,11,17,20,25,27,31,33,39,42,54H,4-7,9-10,12-16,18-19,21-24,26,28-30,32,34-38,40-41,43-53H2,1-3H3/b11-8-,20-17-,27-25-,33-31-,42-39-/t54-/m0/s1. The lowest BCUT2D eigenvalue weighted by molar-refractivity contribution is -0.167. The number of esters is 3. The summed E-state index contributed by atoms with van der Waals surface area (Å²) in [6, 6.07) is 0. The summed E-state index contributed by atoms with van der Waals surface area (Å²) in [5.41, 5.74) is 0. The number of allylic oxidation sites excluding steroid dienone is 10. The first-order valence-electron chi connectivity index (χ1n) is 26.8. The molecule has 0 heterocycles. The molecule has 0 N–H and O–H groups in total. The molecule has 0 unspecified atom stereocenters. The first-order valence-corrected chi connectivity index (χ1v) is 26.8. The third kappa shape index (κ3) is 50.0. The molecule has 0 saturated carbocycles. The summed E-state index contributed by atoms with van der Waals surface area (Å²) in [5, 5.41) is 0. The Hall–Kier alpha value is -2.89. The summed E-state index contributed by atoms with van der Waals surface area (Å²) in [4.78, 5) is 38.0. The van der Waals surface area contributed by atoms with Gasteiger partial charge in [0.1, 0.15) is 13.2 Å². The van der Waals surface area contributed by atoms with Crippen LogP contribution in [0.2, 0.25) is 0 Å². The summed E-state index contributed by atoms with van der Waals surface area (Å²) in [5.74, 6) is -0.944. The fourth-order valence-corrected chi connectivity index (χ4v) is 7.54. The molecule has 6 heteroatoms. The van der Waals surface area contributed by atoms with Gasteiger partial charge in [0.2, 0.25) is 0 Å². The topological polar surface area (TPSA) is 78.9 Å². The highest BCUT2D eigenvalue weighted by atomic mass is 16.6. The van der Waals surface area contributed by atoms with E-state index in [1.165, 1.54) is 141 Å². The van der Waals surface area contributed by atoms with Crippen LogP contribution in [-0.4, -0.2) is 37.2 Å². The van der Waals surface area contributed by atoms with Crippen molar-refractivity contribution < 1.29 is 28.6 Å². The van der Waals surface area contributed by atoms with Crippen molar-refractivity contribution in [3.63, 3.8) is 0 Å². The molecule has 0 aromatic rings. The zero-order valence-corrected chi connectivity index (χ0v) is 41.6. The van der Waals surface area contributed by atoms with E-state index in [2.05, 4.69) is 81.5 Å². The van der Waals surface area contributed by atoms with Crippen LogP contribution in [0.25, 0.3) is 0 Å². The van der Waals surface area contributed by atoms with Crippen LogP contribution < -0.4 is 0 Å². The minimum absolute atomic E-state index is 0.0932. The number of rotatable bonds is 48. The Morgan fingerprint density at radius 2 is 0.619 bits per heavy atom. The van der Waals surface area contributed by atoms with Crippen LogP contribution in [0.15, 0.2) is 60.8 Å². The largest absolute Gasteiger partial charge is 0.462 e. The second-order valence-corrected chi connectivity index (χ2v) is 17.8. The van der Waals surface area contributed by atoms with E-state index in [4.69, 9.17) is 14.2 Å². The smallest absolute Gasteiger partial charge is 0.306 e. The number of hydrogen-bond acceptors (Lipinski definition) is 6. The van der Waals surface area contributed by atoms with Gasteiger partial charge in [-0.2, -0.15) is 0 Å². The van der Waals surface area contributed by atoms with E-state index >= 15 is 0 Å². The average Bonchev–Trinajstić information content (AvgIpc) is 3.28. The molecule has 0 rings (SSSR count). The Morgan fingerprint density at radius 3 is 0.952 bits per heavy atom. The average molecular weight is 881 g/mol. The maximum absolute atomic E-state index is 12.8. The Balaban J connectivity index is 4.42. The number of carbonyl (C=O) groups is 3. The molecule has 0 spiro atoms. The summed E-state index contributed by atoms with van der Waals surface area (Å²) >= 11 is 0. The minimum atomic E-state index is -0.799. The molecule has 1 atom stereocenters. The second-order valence-electron chi connectivity index (χ2n) is 17.8. The molecule has 0 aliphatic heterocycles. The predicted octanol–water partition coefficient (Wildman–Crippen LogP) is 17.6. The fourth-order valence-electron chi connectivity index (χ4n) is 7.54. The predicted molar refractivity (Wildman–Crippen MR) is 270 cm³/mol. The van der Waals surface area contributed by atoms with Crippen LogP contribution in [-0.2, 0) is 28.6 Å². The van der Waals surface area contributed by atoms with Gasteiger partial charge in [0.05, 0.1) is 0 Å². The third-order valence-corrected chi connectivity index (χ3v) is 11.5. The molecule has 364 valence electrons. The third-order valence-electron chi connectivity index (χ3n) is 11.5. The molecule has 0 aromatic carbocycles. The molecule has 0 saturated heterocycles. The molecule has 0 aliphatic carbocycles. The Morgan fingerprint density at radius 1 is 0.333 bits per heavy atom. The van der Waals surface area contributed by atoms with Gasteiger partial charge >= 0.3 is 17.9 Å². The van der Waals surface area contributed by atoms with E-state index < -0.39 is 6.10 Å². The molecular formula is C57H100O6. The van der Waals surface area contributed by atoms with Gasteiger partial charge in [-0.05, 0) is 57.8 Å². The maximum atomic E-state index is 12.8. The van der Waals surface area contributed by atoms with Crippen molar-refractivity contribution in [1.29, 1.82) is 0 Å². The first kappa shape index (κ1) is 60.1. The Labute approximate surface area is 390 Å². The van der Waals surface area contributed by atoms with Crippen molar-refractivity contribution in [2.24, 2.45) is 0 Å². The van der Waals surface area contributed by atoms with Crippen molar-refractivity contribution in [2.75, 3.05) is 13.2 Å². The molecule has 0 aromatic heterocycles. The summed E-state index contributed by atoms with van der Waals surface area (Å²) in [7, 11) is 0. The zero-order valence-electron chi connectivity index (χ0n) is 41.6. The summed E-state index contributed by atoms with van der Waals surface area (Å²) in [6.45, 7) is 6.49. The van der Waals surface area contributed by atoms with E-state index in [0.29, 0.717) is 19.3 Å². The van der Waals surface area contributed by atoms with Gasteiger partial charge in [0, 0.05) is 19.3 Å². The highest BCUT2D eigenvalue weighted by Crippen LogP contribution is 2.16. The number of unbranched alkanes of at least 4 members (excludes halogenated alkanes) is 27. The zero-order chi connectivity index (χ0) is 45.8. The molecule has 0 aliphatic rings. The van der Waals surface area contributed by atoms with E-state index in [0.717, 1.165) is 77.0 Å². The van der Waals surface area contributed by atoms with Gasteiger partial charge in [-0.15, -0.1) is 0 Å². The van der Waals surface area contributed by atoms with E-state index in [1.807, 2.05) is 0 Å². The van der Waals surface area contributed by atoms with Gasteiger partial charge in [-0.1, -0.05) is 248 Å². The maximum Gasteiger partial charge on any atom is 0.306 e. The molecule has 0 radical (unpaired) electrons. The van der Waals surface area contributed by atoms with Crippen molar-refractivity contribution in [3.8, 4) is 0 Å². The number of carbonyl (C=O) groups excluding carboxylic acids is 3. The van der Waals surface area contributed by atoms with E-state index in [1.54, 1.807) is 0 Å². The highest BCUT2D eigenvalue weighted by Gasteiger charge is 2.19. The van der Waals surface area contributed by atoms with Gasteiger partial charge in [-0.25, -0.2) is 0 Å².